The first-order valence-electron chi connectivity index (χ1n) is 7.12. The molecule has 2 N–H and O–H groups in total. The molecule has 3 unspecified atom stereocenters. The fraction of sp³-hybridized carbons (Fsp3) is 1.00. The molecule has 0 aromatic carbocycles. The predicted molar refractivity (Wildman–Crippen MR) is 84.2 cm³/mol. The summed E-state index contributed by atoms with van der Waals surface area (Å²) in [4.78, 5) is 0. The summed E-state index contributed by atoms with van der Waals surface area (Å²) in [7, 11) is -3.21. The van der Waals surface area contributed by atoms with Crippen molar-refractivity contribution in [2.75, 3.05) is 12.8 Å². The van der Waals surface area contributed by atoms with Crippen LogP contribution < -0.4 is 10.0 Å². The van der Waals surface area contributed by atoms with Crippen molar-refractivity contribution in [1.82, 2.24) is 10.0 Å². The van der Waals surface area contributed by atoms with Crippen LogP contribution in [0.4, 0.5) is 0 Å². The van der Waals surface area contributed by atoms with Crippen molar-refractivity contribution in [2.24, 2.45) is 0 Å². The highest BCUT2D eigenvalue weighted by Crippen LogP contribution is 2.27. The molecule has 1 rings (SSSR count). The Bertz CT molecular complexity index is 358. The van der Waals surface area contributed by atoms with Crippen molar-refractivity contribution in [3.8, 4) is 0 Å². The van der Waals surface area contributed by atoms with Gasteiger partial charge in [-0.05, 0) is 32.4 Å². The lowest BCUT2D eigenvalue weighted by Gasteiger charge is -2.29. The highest BCUT2D eigenvalue weighted by Gasteiger charge is 2.28. The molecule has 4 nitrogen and oxygen atoms in total. The van der Waals surface area contributed by atoms with Crippen LogP contribution in [0.5, 0.6) is 0 Å². The highest BCUT2D eigenvalue weighted by atomic mass is 32.2. The lowest BCUT2D eigenvalue weighted by Crippen LogP contribution is -2.46. The Morgan fingerprint density at radius 2 is 1.95 bits per heavy atom. The molecule has 0 aromatic rings. The van der Waals surface area contributed by atoms with Crippen LogP contribution in [0, 0.1) is 0 Å². The molecule has 1 saturated carbocycles. The van der Waals surface area contributed by atoms with Crippen LogP contribution in [0.1, 0.15) is 46.5 Å². The van der Waals surface area contributed by atoms with Gasteiger partial charge in [-0.25, -0.2) is 13.1 Å². The second-order valence-electron chi connectivity index (χ2n) is 5.76. The number of nitrogens with one attached hydrogen (secondary N) is 2. The zero-order valence-electron chi connectivity index (χ0n) is 12.5. The molecular weight excluding hydrogens is 280 g/mol. The Morgan fingerprint density at radius 1 is 1.26 bits per heavy atom. The summed E-state index contributed by atoms with van der Waals surface area (Å²) in [5.74, 6) is 0. The van der Waals surface area contributed by atoms with E-state index in [1.54, 1.807) is 6.92 Å². The zero-order chi connectivity index (χ0) is 14.5. The van der Waals surface area contributed by atoms with Gasteiger partial charge in [-0.2, -0.15) is 11.8 Å². The first-order chi connectivity index (χ1) is 8.85. The van der Waals surface area contributed by atoms with Gasteiger partial charge in [0.15, 0.2) is 0 Å². The minimum atomic E-state index is -3.21. The number of sulfonamides is 1. The quantitative estimate of drug-likeness (QED) is 0.755. The summed E-state index contributed by atoms with van der Waals surface area (Å²) in [6.45, 7) is 6.33. The van der Waals surface area contributed by atoms with Crippen LogP contribution in [0.2, 0.25) is 0 Å². The van der Waals surface area contributed by atoms with Crippen LogP contribution in [0.15, 0.2) is 0 Å². The third-order valence-corrected chi connectivity index (χ3v) is 6.62. The van der Waals surface area contributed by atoms with Gasteiger partial charge in [0, 0.05) is 23.9 Å². The fourth-order valence-electron chi connectivity index (χ4n) is 2.33. The maximum atomic E-state index is 12.2. The molecule has 0 spiro atoms. The van der Waals surface area contributed by atoms with E-state index in [0.717, 1.165) is 19.3 Å². The van der Waals surface area contributed by atoms with Gasteiger partial charge >= 0.3 is 0 Å². The van der Waals surface area contributed by atoms with E-state index in [4.69, 9.17) is 0 Å². The highest BCUT2D eigenvalue weighted by molar-refractivity contribution is 7.99. The summed E-state index contributed by atoms with van der Waals surface area (Å²) in [5.41, 5.74) is 0. The van der Waals surface area contributed by atoms with E-state index in [9.17, 15) is 8.42 Å². The molecule has 0 aliphatic heterocycles. The Labute approximate surface area is 122 Å². The maximum Gasteiger partial charge on any atom is 0.215 e. The van der Waals surface area contributed by atoms with Crippen LogP contribution in [-0.4, -0.2) is 43.8 Å². The summed E-state index contributed by atoms with van der Waals surface area (Å²) in [6, 6.07) is 0.436. The monoisotopic (exact) mass is 308 g/mol. The molecule has 3 atom stereocenters. The molecule has 19 heavy (non-hydrogen) atoms. The maximum absolute atomic E-state index is 12.2. The van der Waals surface area contributed by atoms with Crippen LogP contribution >= 0.6 is 11.8 Å². The van der Waals surface area contributed by atoms with E-state index in [1.165, 1.54) is 6.42 Å². The number of thioether (sulfide) groups is 1. The molecule has 1 aliphatic rings. The summed E-state index contributed by atoms with van der Waals surface area (Å²) >= 11 is 1.85. The fourth-order valence-corrected chi connectivity index (χ4v) is 4.38. The lowest BCUT2D eigenvalue weighted by molar-refractivity contribution is 0.418. The third kappa shape index (κ3) is 6.02. The molecule has 1 fully saturated rings. The van der Waals surface area contributed by atoms with E-state index >= 15 is 0 Å². The minimum absolute atomic E-state index is 0.123. The van der Waals surface area contributed by atoms with Gasteiger partial charge in [0.05, 0.1) is 5.25 Å². The van der Waals surface area contributed by atoms with E-state index in [2.05, 4.69) is 16.3 Å². The van der Waals surface area contributed by atoms with Crippen LogP contribution in [0.25, 0.3) is 0 Å². The Morgan fingerprint density at radius 3 is 2.53 bits per heavy atom. The standard InChI is InChI=1S/C13H28N2O2S2/c1-10(2)14-9-11(3)19(16,17)15-12-6-5-7-13(8-12)18-4/h10-15H,5-9H2,1-4H3. The molecule has 0 radical (unpaired) electrons. The van der Waals surface area contributed by atoms with Gasteiger partial charge in [0.1, 0.15) is 0 Å². The average molecular weight is 309 g/mol. The summed E-state index contributed by atoms with van der Waals surface area (Å²) in [6.07, 6.45) is 6.38. The van der Waals surface area contributed by atoms with Crippen molar-refractivity contribution in [1.29, 1.82) is 0 Å². The van der Waals surface area contributed by atoms with Gasteiger partial charge in [0.2, 0.25) is 10.0 Å². The normalized spacial score (nSPS) is 26.6. The second-order valence-corrected chi connectivity index (χ2v) is 9.03. The van der Waals surface area contributed by atoms with Gasteiger partial charge in [-0.15, -0.1) is 0 Å². The minimum Gasteiger partial charge on any atom is -0.313 e. The van der Waals surface area contributed by atoms with E-state index in [1.807, 2.05) is 25.6 Å². The van der Waals surface area contributed by atoms with E-state index in [-0.39, 0.29) is 11.3 Å². The second kappa shape index (κ2) is 7.86. The smallest absolute Gasteiger partial charge is 0.215 e. The number of rotatable bonds is 7. The molecule has 0 saturated heterocycles. The topological polar surface area (TPSA) is 58.2 Å². The van der Waals surface area contributed by atoms with Crippen molar-refractivity contribution >= 4 is 21.8 Å². The van der Waals surface area contributed by atoms with Crippen molar-refractivity contribution in [3.05, 3.63) is 0 Å². The first kappa shape index (κ1) is 17.3. The molecular formula is C13H28N2O2S2. The molecule has 0 heterocycles. The number of hydrogen-bond acceptors (Lipinski definition) is 4. The van der Waals surface area contributed by atoms with Gasteiger partial charge in [-0.3, -0.25) is 0 Å². The molecule has 0 amide bonds. The Balaban J connectivity index is 2.49. The largest absolute Gasteiger partial charge is 0.313 e. The van der Waals surface area contributed by atoms with Crippen molar-refractivity contribution < 1.29 is 8.42 Å². The van der Waals surface area contributed by atoms with Crippen LogP contribution in [0.3, 0.4) is 0 Å². The summed E-state index contributed by atoms with van der Waals surface area (Å²) < 4.78 is 27.4. The first-order valence-corrected chi connectivity index (χ1v) is 9.96. The Kier molecular flexibility index (Phi) is 7.14. The molecule has 6 heteroatoms. The van der Waals surface area contributed by atoms with E-state index in [0.29, 0.717) is 17.8 Å². The zero-order valence-corrected chi connectivity index (χ0v) is 14.1. The third-order valence-electron chi connectivity index (χ3n) is 3.63. The molecule has 0 aromatic heterocycles. The molecule has 114 valence electrons. The van der Waals surface area contributed by atoms with E-state index < -0.39 is 10.0 Å². The van der Waals surface area contributed by atoms with Gasteiger partial charge < -0.3 is 5.32 Å². The Hall–Kier alpha value is 0.220. The SMILES string of the molecule is CSC1CCCC(NS(=O)(=O)C(C)CNC(C)C)C1. The van der Waals surface area contributed by atoms with Gasteiger partial charge in [-0.1, -0.05) is 20.3 Å². The van der Waals surface area contributed by atoms with Crippen molar-refractivity contribution in [3.63, 3.8) is 0 Å². The predicted octanol–water partition coefficient (Wildman–Crippen LogP) is 1.97. The lowest BCUT2D eigenvalue weighted by atomic mass is 9.96. The number of hydrogen-bond donors (Lipinski definition) is 2. The molecule has 0 bridgehead atoms. The average Bonchev–Trinajstić information content (AvgIpc) is 2.35. The van der Waals surface area contributed by atoms with Crippen LogP contribution in [-0.2, 0) is 10.0 Å². The van der Waals surface area contributed by atoms with Crippen molar-refractivity contribution in [2.45, 2.75) is 69.0 Å². The molecule has 1 aliphatic carbocycles. The van der Waals surface area contributed by atoms with Gasteiger partial charge in [0.25, 0.3) is 0 Å². The summed E-state index contributed by atoms with van der Waals surface area (Å²) in [5, 5.41) is 3.40.